The number of nitrogens with zero attached hydrogens (tertiary/aromatic N) is 1. The number of benzene rings is 2. The van der Waals surface area contributed by atoms with Gasteiger partial charge >= 0.3 is 0 Å². The summed E-state index contributed by atoms with van der Waals surface area (Å²) < 4.78 is 43.6. The molecule has 2 aromatic carbocycles. The van der Waals surface area contributed by atoms with Crippen LogP contribution in [0, 0.1) is 0 Å². The first kappa shape index (κ1) is 25.0. The quantitative estimate of drug-likeness (QED) is 0.404. The Morgan fingerprint density at radius 1 is 0.971 bits per heavy atom. The molecular formula is C24H27N3O6S. The van der Waals surface area contributed by atoms with Crippen LogP contribution in [0.25, 0.3) is 0 Å². The fourth-order valence-electron chi connectivity index (χ4n) is 3.06. The van der Waals surface area contributed by atoms with Crippen LogP contribution in [0.4, 0.5) is 0 Å². The molecular weight excluding hydrogens is 458 g/mol. The maximum absolute atomic E-state index is 12.6. The zero-order chi connectivity index (χ0) is 24.4. The number of amides is 1. The van der Waals surface area contributed by atoms with Crippen LogP contribution >= 0.6 is 0 Å². The maximum atomic E-state index is 12.6. The van der Waals surface area contributed by atoms with Gasteiger partial charge in [-0.15, -0.1) is 0 Å². The highest BCUT2D eigenvalue weighted by atomic mass is 32.2. The van der Waals surface area contributed by atoms with Crippen LogP contribution in [0.2, 0.25) is 0 Å². The highest BCUT2D eigenvalue weighted by molar-refractivity contribution is 7.89. The van der Waals surface area contributed by atoms with Crippen LogP contribution in [0.1, 0.15) is 11.3 Å². The molecule has 0 radical (unpaired) electrons. The highest BCUT2D eigenvalue weighted by Gasteiger charge is 2.14. The third-order valence-corrected chi connectivity index (χ3v) is 6.33. The number of nitrogens with one attached hydrogen (secondary N) is 2. The molecule has 0 atom stereocenters. The third-order valence-electron chi connectivity index (χ3n) is 4.85. The Bertz CT molecular complexity index is 1190. The summed E-state index contributed by atoms with van der Waals surface area (Å²) in [4.78, 5) is 16.2. The van der Waals surface area contributed by atoms with E-state index in [0.29, 0.717) is 30.2 Å². The number of carbonyl (C=O) groups is 1. The Hall–Kier alpha value is -3.63. The van der Waals surface area contributed by atoms with E-state index >= 15 is 0 Å². The van der Waals surface area contributed by atoms with Crippen LogP contribution in [0.3, 0.4) is 0 Å². The number of hydrogen-bond acceptors (Lipinski definition) is 7. The van der Waals surface area contributed by atoms with Crippen molar-refractivity contribution in [2.75, 3.05) is 27.4 Å². The second-order valence-electron chi connectivity index (χ2n) is 7.19. The van der Waals surface area contributed by atoms with Crippen LogP contribution in [0.15, 0.2) is 71.8 Å². The maximum Gasteiger partial charge on any atom is 0.258 e. The molecule has 0 bridgehead atoms. The monoisotopic (exact) mass is 485 g/mol. The average molecular weight is 486 g/mol. The molecule has 0 saturated heterocycles. The van der Waals surface area contributed by atoms with Crippen molar-refractivity contribution < 1.29 is 27.4 Å². The minimum atomic E-state index is -3.69. The predicted octanol–water partition coefficient (Wildman–Crippen LogP) is 2.31. The van der Waals surface area contributed by atoms with E-state index in [1.165, 1.54) is 24.3 Å². The minimum absolute atomic E-state index is 0.103. The summed E-state index contributed by atoms with van der Waals surface area (Å²) in [5.74, 6) is 1.28. The number of carbonyl (C=O) groups excluding carboxylic acids is 1. The van der Waals surface area contributed by atoms with Crippen molar-refractivity contribution in [2.45, 2.75) is 17.9 Å². The van der Waals surface area contributed by atoms with Crippen molar-refractivity contribution in [3.8, 4) is 17.2 Å². The number of rotatable bonds is 12. The predicted molar refractivity (Wildman–Crippen MR) is 126 cm³/mol. The van der Waals surface area contributed by atoms with E-state index in [-0.39, 0.29) is 24.0 Å². The van der Waals surface area contributed by atoms with Crippen molar-refractivity contribution in [1.29, 1.82) is 0 Å². The number of aromatic nitrogens is 1. The summed E-state index contributed by atoms with van der Waals surface area (Å²) in [7, 11) is -0.590. The molecule has 2 N–H and O–H groups in total. The van der Waals surface area contributed by atoms with Gasteiger partial charge in [0, 0.05) is 12.7 Å². The van der Waals surface area contributed by atoms with Gasteiger partial charge in [0.05, 0.1) is 31.4 Å². The zero-order valence-electron chi connectivity index (χ0n) is 19.0. The van der Waals surface area contributed by atoms with Crippen LogP contribution in [-0.2, 0) is 27.8 Å². The van der Waals surface area contributed by atoms with Gasteiger partial charge in [0.25, 0.3) is 5.91 Å². The Kier molecular flexibility index (Phi) is 8.83. The van der Waals surface area contributed by atoms with Gasteiger partial charge in [-0.25, -0.2) is 13.1 Å². The molecule has 180 valence electrons. The third kappa shape index (κ3) is 7.19. The number of pyridine rings is 1. The lowest BCUT2D eigenvalue weighted by molar-refractivity contribution is -0.123. The first-order valence-corrected chi connectivity index (χ1v) is 12.0. The van der Waals surface area contributed by atoms with Crippen LogP contribution < -0.4 is 24.2 Å². The molecule has 3 aromatic rings. The molecule has 1 heterocycles. The fourth-order valence-corrected chi connectivity index (χ4v) is 4.09. The van der Waals surface area contributed by atoms with Crippen molar-refractivity contribution >= 4 is 15.9 Å². The Balaban J connectivity index is 1.46. The molecule has 0 aliphatic carbocycles. The van der Waals surface area contributed by atoms with E-state index in [4.69, 9.17) is 14.2 Å². The van der Waals surface area contributed by atoms with E-state index in [9.17, 15) is 13.2 Å². The Morgan fingerprint density at radius 2 is 1.74 bits per heavy atom. The lowest BCUT2D eigenvalue weighted by atomic mass is 10.1. The summed E-state index contributed by atoms with van der Waals surface area (Å²) in [6.07, 6.45) is 2.13. The molecule has 9 nitrogen and oxygen atoms in total. The molecule has 10 heteroatoms. The van der Waals surface area contributed by atoms with E-state index in [0.717, 1.165) is 11.3 Å². The van der Waals surface area contributed by atoms with Crippen LogP contribution in [-0.4, -0.2) is 46.7 Å². The van der Waals surface area contributed by atoms with Gasteiger partial charge in [0.15, 0.2) is 18.1 Å². The topological polar surface area (TPSA) is 116 Å². The molecule has 0 aliphatic heterocycles. The normalized spacial score (nSPS) is 11.0. The molecule has 0 unspecified atom stereocenters. The Labute approximate surface area is 199 Å². The van der Waals surface area contributed by atoms with Gasteiger partial charge in [0.2, 0.25) is 10.0 Å². The lowest BCUT2D eigenvalue weighted by Crippen LogP contribution is -2.28. The van der Waals surface area contributed by atoms with Gasteiger partial charge in [-0.2, -0.15) is 0 Å². The number of methoxy groups -OCH3 is 2. The standard InChI is InChI=1S/C24H27N3O6S/c1-31-22-11-6-18(15-23(22)32-2)12-14-27-34(29,30)21-9-7-20(8-10-21)33-17-24(28)26-16-19-5-3-4-13-25-19/h3-11,13,15,27H,12,14,16-17H2,1-2H3,(H,26,28). The van der Waals surface area contributed by atoms with E-state index < -0.39 is 10.0 Å². The molecule has 0 aliphatic rings. The summed E-state index contributed by atoms with van der Waals surface area (Å²) >= 11 is 0. The minimum Gasteiger partial charge on any atom is -0.493 e. The van der Waals surface area contributed by atoms with Crippen molar-refractivity contribution in [3.63, 3.8) is 0 Å². The van der Waals surface area contributed by atoms with Crippen molar-refractivity contribution in [3.05, 3.63) is 78.1 Å². The second kappa shape index (κ2) is 12.0. The molecule has 3 rings (SSSR count). The second-order valence-corrected chi connectivity index (χ2v) is 8.96. The fraction of sp³-hybridized carbons (Fsp3) is 0.250. The number of ether oxygens (including phenoxy) is 3. The molecule has 1 amide bonds. The first-order valence-electron chi connectivity index (χ1n) is 10.5. The largest absolute Gasteiger partial charge is 0.493 e. The van der Waals surface area contributed by atoms with Crippen LogP contribution in [0.5, 0.6) is 17.2 Å². The molecule has 0 fully saturated rings. The number of sulfonamides is 1. The van der Waals surface area contributed by atoms with E-state index in [1.54, 1.807) is 32.5 Å². The van der Waals surface area contributed by atoms with Crippen molar-refractivity contribution in [2.24, 2.45) is 0 Å². The smallest absolute Gasteiger partial charge is 0.258 e. The Morgan fingerprint density at radius 3 is 2.41 bits per heavy atom. The van der Waals surface area contributed by atoms with E-state index in [2.05, 4.69) is 15.0 Å². The first-order chi connectivity index (χ1) is 16.4. The van der Waals surface area contributed by atoms with Gasteiger partial charge in [0.1, 0.15) is 5.75 Å². The van der Waals surface area contributed by atoms with E-state index in [1.807, 2.05) is 24.3 Å². The summed E-state index contributed by atoms with van der Waals surface area (Å²) in [5.41, 5.74) is 1.65. The van der Waals surface area contributed by atoms with Gasteiger partial charge < -0.3 is 19.5 Å². The summed E-state index contributed by atoms with van der Waals surface area (Å²) in [6, 6.07) is 16.8. The lowest BCUT2D eigenvalue weighted by Gasteiger charge is -2.11. The molecule has 0 spiro atoms. The number of hydrogen-bond donors (Lipinski definition) is 2. The average Bonchev–Trinajstić information content (AvgIpc) is 2.87. The van der Waals surface area contributed by atoms with Gasteiger partial charge in [-0.05, 0) is 60.5 Å². The van der Waals surface area contributed by atoms with Gasteiger partial charge in [-0.3, -0.25) is 9.78 Å². The zero-order valence-corrected chi connectivity index (χ0v) is 19.8. The SMILES string of the molecule is COc1ccc(CCNS(=O)(=O)c2ccc(OCC(=O)NCc3ccccn3)cc2)cc1OC. The highest BCUT2D eigenvalue weighted by Crippen LogP contribution is 2.27. The molecule has 34 heavy (non-hydrogen) atoms. The molecule has 1 aromatic heterocycles. The van der Waals surface area contributed by atoms with Crippen molar-refractivity contribution in [1.82, 2.24) is 15.0 Å². The molecule has 0 saturated carbocycles. The summed E-state index contributed by atoms with van der Waals surface area (Å²) in [5, 5.41) is 2.71. The summed E-state index contributed by atoms with van der Waals surface area (Å²) in [6.45, 7) is 0.324. The van der Waals surface area contributed by atoms with Gasteiger partial charge in [-0.1, -0.05) is 12.1 Å².